The van der Waals surface area contributed by atoms with Crippen LogP contribution in [0.4, 0.5) is 6.01 Å². The van der Waals surface area contributed by atoms with Crippen molar-refractivity contribution in [1.82, 2.24) is 15.0 Å². The molecule has 1 aromatic heterocycles. The number of nitrogens with one attached hydrogen (secondary N) is 1. The molecule has 5 nitrogen and oxygen atoms in total. The Kier molecular flexibility index (Phi) is 3.85. The summed E-state index contributed by atoms with van der Waals surface area (Å²) in [5.41, 5.74) is 0. The molecule has 15 heavy (non-hydrogen) atoms. The molecule has 1 fully saturated rings. The van der Waals surface area contributed by atoms with Crippen LogP contribution in [0.5, 0.6) is 0 Å². The summed E-state index contributed by atoms with van der Waals surface area (Å²) in [5, 5.41) is 6.84. The van der Waals surface area contributed by atoms with Gasteiger partial charge in [0.15, 0.2) is 5.82 Å². The van der Waals surface area contributed by atoms with Gasteiger partial charge < -0.3 is 9.84 Å². The molecule has 0 aromatic carbocycles. The van der Waals surface area contributed by atoms with Crippen molar-refractivity contribution in [3.63, 3.8) is 0 Å². The van der Waals surface area contributed by atoms with Gasteiger partial charge in [-0.25, -0.2) is 0 Å². The Bertz CT molecular complexity index is 298. The van der Waals surface area contributed by atoms with E-state index in [1.54, 1.807) is 0 Å². The molecule has 1 aliphatic rings. The Morgan fingerprint density at radius 3 is 2.93 bits per heavy atom. The number of aryl methyl sites for hydroxylation is 1. The fourth-order valence-electron chi connectivity index (χ4n) is 1.51. The third-order valence-electron chi connectivity index (χ3n) is 2.34. The smallest absolute Gasteiger partial charge is 0.321 e. The van der Waals surface area contributed by atoms with Gasteiger partial charge in [-0.3, -0.25) is 4.90 Å². The maximum Gasteiger partial charge on any atom is 0.321 e. The van der Waals surface area contributed by atoms with E-state index in [0.717, 1.165) is 13.1 Å². The fourth-order valence-corrected chi connectivity index (χ4v) is 2.49. The van der Waals surface area contributed by atoms with Gasteiger partial charge in [0.1, 0.15) is 0 Å². The number of rotatable bonds is 4. The predicted octanol–water partition coefficient (Wildman–Crippen LogP) is 0.839. The highest BCUT2D eigenvalue weighted by Crippen LogP contribution is 2.08. The lowest BCUT2D eigenvalue weighted by Crippen LogP contribution is -2.36. The summed E-state index contributed by atoms with van der Waals surface area (Å²) < 4.78 is 4.96. The van der Waals surface area contributed by atoms with E-state index in [0.29, 0.717) is 11.8 Å². The maximum absolute atomic E-state index is 4.96. The highest BCUT2D eigenvalue weighted by Gasteiger charge is 2.09. The SMILES string of the molecule is Cc1noc(NCCN2CCSCC2)n1. The van der Waals surface area contributed by atoms with E-state index < -0.39 is 0 Å². The van der Waals surface area contributed by atoms with Gasteiger partial charge in [0.2, 0.25) is 0 Å². The molecular formula is C9H16N4OS. The molecule has 0 aliphatic carbocycles. The van der Waals surface area contributed by atoms with Crippen LogP contribution in [-0.2, 0) is 0 Å². The predicted molar refractivity (Wildman–Crippen MR) is 61.3 cm³/mol. The maximum atomic E-state index is 4.96. The zero-order valence-corrected chi connectivity index (χ0v) is 9.72. The minimum atomic E-state index is 0.527. The van der Waals surface area contributed by atoms with Crippen LogP contribution in [0.1, 0.15) is 5.82 Å². The molecule has 1 aliphatic heterocycles. The minimum absolute atomic E-state index is 0.527. The van der Waals surface area contributed by atoms with E-state index in [4.69, 9.17) is 4.52 Å². The number of hydrogen-bond acceptors (Lipinski definition) is 6. The highest BCUT2D eigenvalue weighted by molar-refractivity contribution is 7.99. The topological polar surface area (TPSA) is 54.2 Å². The molecule has 0 radical (unpaired) electrons. The van der Waals surface area contributed by atoms with Crippen LogP contribution in [0, 0.1) is 6.92 Å². The molecule has 1 aromatic rings. The molecule has 0 atom stereocenters. The van der Waals surface area contributed by atoms with Gasteiger partial charge in [-0.05, 0) is 6.92 Å². The molecule has 0 saturated carbocycles. The fraction of sp³-hybridized carbons (Fsp3) is 0.778. The lowest BCUT2D eigenvalue weighted by Gasteiger charge is -2.25. The van der Waals surface area contributed by atoms with Crippen LogP contribution in [0.2, 0.25) is 0 Å². The third-order valence-corrected chi connectivity index (χ3v) is 3.28. The van der Waals surface area contributed by atoms with Crippen LogP contribution in [0.3, 0.4) is 0 Å². The van der Waals surface area contributed by atoms with Crippen molar-refractivity contribution in [1.29, 1.82) is 0 Å². The van der Waals surface area contributed by atoms with Crippen LogP contribution in [0.25, 0.3) is 0 Å². The number of nitrogens with zero attached hydrogens (tertiary/aromatic N) is 3. The average molecular weight is 228 g/mol. The largest absolute Gasteiger partial charge is 0.336 e. The van der Waals surface area contributed by atoms with Gasteiger partial charge in [-0.1, -0.05) is 5.16 Å². The first-order valence-electron chi connectivity index (χ1n) is 5.19. The van der Waals surface area contributed by atoms with Gasteiger partial charge in [0.25, 0.3) is 0 Å². The van der Waals surface area contributed by atoms with Crippen molar-refractivity contribution in [2.45, 2.75) is 6.92 Å². The van der Waals surface area contributed by atoms with Gasteiger partial charge in [0.05, 0.1) is 0 Å². The first-order valence-corrected chi connectivity index (χ1v) is 6.34. The summed E-state index contributed by atoms with van der Waals surface area (Å²) in [5.74, 6) is 3.17. The first-order chi connectivity index (χ1) is 7.34. The lowest BCUT2D eigenvalue weighted by atomic mass is 10.4. The van der Waals surface area contributed by atoms with Crippen molar-refractivity contribution in [2.75, 3.05) is 43.0 Å². The number of anilines is 1. The van der Waals surface area contributed by atoms with E-state index in [9.17, 15) is 0 Å². The summed E-state index contributed by atoms with van der Waals surface area (Å²) in [7, 11) is 0. The van der Waals surface area contributed by atoms with Crippen molar-refractivity contribution in [2.24, 2.45) is 0 Å². The Morgan fingerprint density at radius 1 is 1.47 bits per heavy atom. The van der Waals surface area contributed by atoms with E-state index in [-0.39, 0.29) is 0 Å². The van der Waals surface area contributed by atoms with E-state index in [1.165, 1.54) is 24.6 Å². The van der Waals surface area contributed by atoms with Crippen LogP contribution in [0.15, 0.2) is 4.52 Å². The van der Waals surface area contributed by atoms with Crippen molar-refractivity contribution in [3.8, 4) is 0 Å². The lowest BCUT2D eigenvalue weighted by molar-refractivity contribution is 0.313. The van der Waals surface area contributed by atoms with E-state index >= 15 is 0 Å². The second-order valence-electron chi connectivity index (χ2n) is 3.53. The molecule has 0 unspecified atom stereocenters. The average Bonchev–Trinajstić information content (AvgIpc) is 2.66. The molecule has 1 saturated heterocycles. The summed E-state index contributed by atoms with van der Waals surface area (Å²) in [6, 6.07) is 0.527. The molecule has 6 heteroatoms. The Balaban J connectivity index is 1.65. The van der Waals surface area contributed by atoms with Crippen molar-refractivity contribution < 1.29 is 4.52 Å². The molecule has 84 valence electrons. The quantitative estimate of drug-likeness (QED) is 0.824. The monoisotopic (exact) mass is 228 g/mol. The second-order valence-corrected chi connectivity index (χ2v) is 4.75. The minimum Gasteiger partial charge on any atom is -0.336 e. The standard InChI is InChI=1S/C9H16N4OS/c1-8-11-9(14-12-8)10-2-3-13-4-6-15-7-5-13/h2-7H2,1H3,(H,10,11,12). The number of thioether (sulfide) groups is 1. The summed E-state index contributed by atoms with van der Waals surface area (Å²) in [6.07, 6.45) is 0. The molecule has 2 heterocycles. The van der Waals surface area contributed by atoms with Gasteiger partial charge in [-0.2, -0.15) is 16.7 Å². The number of aromatic nitrogens is 2. The van der Waals surface area contributed by atoms with E-state index in [2.05, 4.69) is 20.4 Å². The number of hydrogen-bond donors (Lipinski definition) is 1. The van der Waals surface area contributed by atoms with Gasteiger partial charge >= 0.3 is 6.01 Å². The van der Waals surface area contributed by atoms with E-state index in [1.807, 2.05) is 18.7 Å². The zero-order valence-electron chi connectivity index (χ0n) is 8.90. The van der Waals surface area contributed by atoms with Crippen molar-refractivity contribution >= 4 is 17.8 Å². The Morgan fingerprint density at radius 2 is 2.27 bits per heavy atom. The summed E-state index contributed by atoms with van der Waals surface area (Å²) in [4.78, 5) is 6.53. The van der Waals surface area contributed by atoms with Crippen LogP contribution in [-0.4, -0.2) is 52.7 Å². The van der Waals surface area contributed by atoms with Crippen LogP contribution >= 0.6 is 11.8 Å². The van der Waals surface area contributed by atoms with Gasteiger partial charge in [0, 0.05) is 37.7 Å². The summed E-state index contributed by atoms with van der Waals surface area (Å²) >= 11 is 2.03. The molecule has 2 rings (SSSR count). The molecule has 0 amide bonds. The van der Waals surface area contributed by atoms with Crippen LogP contribution < -0.4 is 5.32 Å². The summed E-state index contributed by atoms with van der Waals surface area (Å²) in [6.45, 7) is 6.11. The first kappa shape index (κ1) is 10.8. The Labute approximate surface area is 93.6 Å². The molecular weight excluding hydrogens is 212 g/mol. The third kappa shape index (κ3) is 3.39. The van der Waals surface area contributed by atoms with Gasteiger partial charge in [-0.15, -0.1) is 0 Å². The second kappa shape index (κ2) is 5.37. The molecule has 1 N–H and O–H groups in total. The highest BCUT2D eigenvalue weighted by atomic mass is 32.2. The Hall–Kier alpha value is -0.750. The zero-order chi connectivity index (χ0) is 10.5. The molecule has 0 spiro atoms. The van der Waals surface area contributed by atoms with Crippen molar-refractivity contribution in [3.05, 3.63) is 5.82 Å². The normalized spacial score (nSPS) is 17.9. The molecule has 0 bridgehead atoms.